The fraction of sp³-hybridized carbons (Fsp3) is 0.833. The lowest BCUT2D eigenvalue weighted by Crippen LogP contribution is -2.12. The van der Waals surface area contributed by atoms with Crippen molar-refractivity contribution in [1.82, 2.24) is 0 Å². The minimum Gasteiger partial charge on any atom is -0.501 e. The van der Waals surface area contributed by atoms with E-state index in [1.54, 1.807) is 14.2 Å². The van der Waals surface area contributed by atoms with E-state index in [2.05, 4.69) is 20.8 Å². The van der Waals surface area contributed by atoms with Crippen molar-refractivity contribution in [2.45, 2.75) is 46.6 Å². The van der Waals surface area contributed by atoms with E-state index in [4.69, 9.17) is 9.47 Å². The molecule has 0 bridgehead atoms. The van der Waals surface area contributed by atoms with Gasteiger partial charge in [-0.3, -0.25) is 0 Å². The highest BCUT2D eigenvalue weighted by atomic mass is 16.5. The summed E-state index contributed by atoms with van der Waals surface area (Å²) in [6, 6.07) is 0. The standard InChI is InChI=1S/C12H24O2/c1-9(2)7-8-12(10(3)13-5)11(4)14-6/h9-10H,7-8H2,1-6H3. The van der Waals surface area contributed by atoms with Gasteiger partial charge in [-0.25, -0.2) is 0 Å². The van der Waals surface area contributed by atoms with Crippen LogP contribution in [0.3, 0.4) is 0 Å². The third-order valence-electron chi connectivity index (χ3n) is 2.59. The summed E-state index contributed by atoms with van der Waals surface area (Å²) in [6.45, 7) is 8.54. The number of methoxy groups -OCH3 is 2. The van der Waals surface area contributed by atoms with Crippen molar-refractivity contribution in [3.8, 4) is 0 Å². The van der Waals surface area contributed by atoms with Gasteiger partial charge in [0.2, 0.25) is 0 Å². The maximum absolute atomic E-state index is 5.33. The molecule has 2 heteroatoms. The molecular weight excluding hydrogens is 176 g/mol. The largest absolute Gasteiger partial charge is 0.501 e. The van der Waals surface area contributed by atoms with Crippen LogP contribution in [0.15, 0.2) is 11.3 Å². The first-order chi connectivity index (χ1) is 6.52. The molecule has 0 spiro atoms. The topological polar surface area (TPSA) is 18.5 Å². The summed E-state index contributed by atoms with van der Waals surface area (Å²) in [6.07, 6.45) is 2.41. The number of allylic oxidation sites excluding steroid dienone is 1. The maximum atomic E-state index is 5.33. The van der Waals surface area contributed by atoms with Crippen LogP contribution >= 0.6 is 0 Å². The minimum atomic E-state index is 0.161. The Morgan fingerprint density at radius 1 is 1.14 bits per heavy atom. The molecule has 0 fully saturated rings. The van der Waals surface area contributed by atoms with Crippen LogP contribution in [0.1, 0.15) is 40.5 Å². The normalized spacial score (nSPS) is 15.4. The Kier molecular flexibility index (Phi) is 6.64. The Morgan fingerprint density at radius 3 is 2.07 bits per heavy atom. The Bertz CT molecular complexity index is 183. The van der Waals surface area contributed by atoms with Gasteiger partial charge < -0.3 is 9.47 Å². The first-order valence-corrected chi connectivity index (χ1v) is 5.29. The van der Waals surface area contributed by atoms with Crippen LogP contribution in [0.2, 0.25) is 0 Å². The Hall–Kier alpha value is -0.500. The second-order valence-electron chi connectivity index (χ2n) is 4.10. The van der Waals surface area contributed by atoms with Crippen molar-refractivity contribution >= 4 is 0 Å². The molecule has 0 amide bonds. The van der Waals surface area contributed by atoms with Crippen LogP contribution in [0.25, 0.3) is 0 Å². The van der Waals surface area contributed by atoms with Crippen LogP contribution < -0.4 is 0 Å². The Balaban J connectivity index is 4.41. The number of hydrogen-bond donors (Lipinski definition) is 0. The molecule has 0 aliphatic rings. The second-order valence-corrected chi connectivity index (χ2v) is 4.10. The van der Waals surface area contributed by atoms with E-state index in [9.17, 15) is 0 Å². The molecule has 0 aromatic carbocycles. The molecule has 14 heavy (non-hydrogen) atoms. The molecule has 1 atom stereocenters. The molecule has 0 aromatic heterocycles. The van der Waals surface area contributed by atoms with Gasteiger partial charge in [-0.1, -0.05) is 13.8 Å². The zero-order chi connectivity index (χ0) is 11.1. The quantitative estimate of drug-likeness (QED) is 0.612. The molecule has 0 heterocycles. The molecule has 0 saturated carbocycles. The van der Waals surface area contributed by atoms with Gasteiger partial charge in [0.05, 0.1) is 19.0 Å². The molecule has 2 nitrogen and oxygen atoms in total. The Labute approximate surface area is 88.3 Å². The van der Waals surface area contributed by atoms with E-state index >= 15 is 0 Å². The first kappa shape index (κ1) is 13.5. The molecule has 0 rings (SSSR count). The number of hydrogen-bond acceptors (Lipinski definition) is 2. The monoisotopic (exact) mass is 200 g/mol. The second kappa shape index (κ2) is 6.88. The molecule has 0 aliphatic carbocycles. The Morgan fingerprint density at radius 2 is 1.71 bits per heavy atom. The average Bonchev–Trinajstić information content (AvgIpc) is 2.16. The lowest BCUT2D eigenvalue weighted by Gasteiger charge is -2.18. The van der Waals surface area contributed by atoms with Gasteiger partial charge in [0.25, 0.3) is 0 Å². The third kappa shape index (κ3) is 4.66. The fourth-order valence-electron chi connectivity index (χ4n) is 1.38. The van der Waals surface area contributed by atoms with E-state index < -0.39 is 0 Å². The molecule has 0 aliphatic heterocycles. The summed E-state index contributed by atoms with van der Waals surface area (Å²) >= 11 is 0. The predicted molar refractivity (Wildman–Crippen MR) is 60.3 cm³/mol. The summed E-state index contributed by atoms with van der Waals surface area (Å²) in [5.74, 6) is 1.72. The van der Waals surface area contributed by atoms with Crippen LogP contribution in [-0.4, -0.2) is 20.3 Å². The van der Waals surface area contributed by atoms with Crippen molar-refractivity contribution in [1.29, 1.82) is 0 Å². The summed E-state index contributed by atoms with van der Waals surface area (Å²) in [7, 11) is 3.45. The SMILES string of the molecule is COC(C)=C(CCC(C)C)C(C)OC. The van der Waals surface area contributed by atoms with Crippen molar-refractivity contribution < 1.29 is 9.47 Å². The number of ether oxygens (including phenoxy) is 2. The van der Waals surface area contributed by atoms with Gasteiger partial charge in [0, 0.05) is 7.11 Å². The zero-order valence-electron chi connectivity index (χ0n) is 10.4. The van der Waals surface area contributed by atoms with Crippen molar-refractivity contribution in [3.63, 3.8) is 0 Å². The minimum absolute atomic E-state index is 0.161. The molecule has 0 aromatic rings. The van der Waals surface area contributed by atoms with Crippen LogP contribution in [0, 0.1) is 5.92 Å². The van der Waals surface area contributed by atoms with Crippen LogP contribution in [0.5, 0.6) is 0 Å². The van der Waals surface area contributed by atoms with E-state index in [1.807, 2.05) is 6.92 Å². The highest BCUT2D eigenvalue weighted by molar-refractivity contribution is 5.11. The van der Waals surface area contributed by atoms with Gasteiger partial charge in [-0.05, 0) is 38.2 Å². The smallest absolute Gasteiger partial charge is 0.0942 e. The molecule has 0 radical (unpaired) electrons. The average molecular weight is 200 g/mol. The fourth-order valence-corrected chi connectivity index (χ4v) is 1.38. The molecule has 0 saturated heterocycles. The highest BCUT2D eigenvalue weighted by Gasteiger charge is 2.12. The van der Waals surface area contributed by atoms with E-state index in [-0.39, 0.29) is 6.10 Å². The van der Waals surface area contributed by atoms with Crippen molar-refractivity contribution in [2.75, 3.05) is 14.2 Å². The van der Waals surface area contributed by atoms with Gasteiger partial charge in [0.15, 0.2) is 0 Å². The zero-order valence-corrected chi connectivity index (χ0v) is 10.4. The summed E-state index contributed by atoms with van der Waals surface area (Å²) in [5, 5.41) is 0. The van der Waals surface area contributed by atoms with E-state index in [0.717, 1.165) is 18.1 Å². The first-order valence-electron chi connectivity index (χ1n) is 5.29. The van der Waals surface area contributed by atoms with Crippen molar-refractivity contribution in [3.05, 3.63) is 11.3 Å². The molecule has 0 N–H and O–H groups in total. The van der Waals surface area contributed by atoms with Crippen LogP contribution in [0.4, 0.5) is 0 Å². The van der Waals surface area contributed by atoms with Gasteiger partial charge >= 0.3 is 0 Å². The number of rotatable bonds is 6. The summed E-state index contributed by atoms with van der Waals surface area (Å²) in [4.78, 5) is 0. The third-order valence-corrected chi connectivity index (χ3v) is 2.59. The predicted octanol–water partition coefficient (Wildman–Crippen LogP) is 3.38. The van der Waals surface area contributed by atoms with Gasteiger partial charge in [0.1, 0.15) is 0 Å². The molecule has 84 valence electrons. The van der Waals surface area contributed by atoms with E-state index in [0.29, 0.717) is 0 Å². The highest BCUT2D eigenvalue weighted by Crippen LogP contribution is 2.20. The summed E-state index contributed by atoms with van der Waals surface area (Å²) in [5.41, 5.74) is 1.28. The van der Waals surface area contributed by atoms with Gasteiger partial charge in [-0.15, -0.1) is 0 Å². The molecule has 1 unspecified atom stereocenters. The maximum Gasteiger partial charge on any atom is 0.0942 e. The van der Waals surface area contributed by atoms with Crippen LogP contribution in [-0.2, 0) is 9.47 Å². The lowest BCUT2D eigenvalue weighted by molar-refractivity contribution is 0.135. The molecular formula is C12H24O2. The van der Waals surface area contributed by atoms with Gasteiger partial charge in [-0.2, -0.15) is 0 Å². The van der Waals surface area contributed by atoms with Crippen molar-refractivity contribution in [2.24, 2.45) is 5.92 Å². The van der Waals surface area contributed by atoms with E-state index in [1.165, 1.54) is 12.0 Å². The lowest BCUT2D eigenvalue weighted by atomic mass is 9.99. The summed E-state index contributed by atoms with van der Waals surface area (Å²) < 4.78 is 10.6.